The van der Waals surface area contributed by atoms with Crippen molar-refractivity contribution in [2.45, 2.75) is 0 Å². The van der Waals surface area contributed by atoms with Crippen molar-refractivity contribution in [1.29, 1.82) is 0 Å². The molecule has 0 saturated heterocycles. The zero-order valence-corrected chi connectivity index (χ0v) is 6.96. The van der Waals surface area contributed by atoms with Gasteiger partial charge in [-0.05, 0) is 12.1 Å². The minimum absolute atomic E-state index is 0.666. The van der Waals surface area contributed by atoms with Crippen molar-refractivity contribution in [3.8, 4) is 0 Å². The number of hydrogen-bond acceptors (Lipinski definition) is 4. The van der Waals surface area contributed by atoms with Gasteiger partial charge in [-0.2, -0.15) is 0 Å². The molecule has 0 fully saturated rings. The molecule has 2 rings (SSSR count). The van der Waals surface area contributed by atoms with E-state index in [4.69, 9.17) is 11.6 Å². The predicted molar refractivity (Wildman–Crippen MR) is 51.9 cm³/mol. The number of anilines is 2. The molecule has 0 aliphatic carbocycles. The largest absolute Gasteiger partial charge is 0.591 e. The third-order valence-corrected chi connectivity index (χ3v) is 1.80. The Bertz CT molecular complexity index is 335. The molecule has 68 valence electrons. The number of rotatable bonds is 1. The van der Waals surface area contributed by atoms with E-state index in [1.54, 1.807) is 17.4 Å². The first-order valence-electron chi connectivity index (χ1n) is 3.85. The summed E-state index contributed by atoms with van der Waals surface area (Å²) in [5.41, 5.74) is 11.1. The molecule has 1 aromatic rings. The predicted octanol–water partition coefficient (Wildman–Crippen LogP) is 0.939. The van der Waals surface area contributed by atoms with Gasteiger partial charge in [0, 0.05) is 6.20 Å². The Morgan fingerprint density at radius 1 is 1.23 bits per heavy atom. The standard InChI is InChI=1S/C8H10N5/c9-7-3-1-2-4-8(7)12-6-5-11-13(12)10/h1-6H,9-10H2/q-1. The van der Waals surface area contributed by atoms with Gasteiger partial charge in [-0.15, -0.1) is 6.20 Å². The summed E-state index contributed by atoms with van der Waals surface area (Å²) < 4.78 is 0. The maximum absolute atomic E-state index is 5.76. The van der Waals surface area contributed by atoms with Crippen LogP contribution in [0.3, 0.4) is 0 Å². The molecule has 0 amide bonds. The normalized spacial score (nSPS) is 16.2. The molecule has 0 bridgehead atoms. The third-order valence-electron chi connectivity index (χ3n) is 1.80. The highest BCUT2D eigenvalue weighted by atomic mass is 15.9. The lowest BCUT2D eigenvalue weighted by Gasteiger charge is -2.33. The molecule has 1 aromatic carbocycles. The maximum atomic E-state index is 5.76. The van der Waals surface area contributed by atoms with E-state index in [9.17, 15) is 0 Å². The maximum Gasteiger partial charge on any atom is 0.0802 e. The van der Waals surface area contributed by atoms with Gasteiger partial charge in [-0.25, -0.2) is 5.23 Å². The zero-order valence-electron chi connectivity index (χ0n) is 6.96. The van der Waals surface area contributed by atoms with Crippen LogP contribution in [0.5, 0.6) is 0 Å². The Hall–Kier alpha value is -1.72. The average Bonchev–Trinajstić information content (AvgIpc) is 2.52. The van der Waals surface area contributed by atoms with Gasteiger partial charge in [-0.3, -0.25) is 10.9 Å². The van der Waals surface area contributed by atoms with Crippen molar-refractivity contribution < 1.29 is 0 Å². The number of nitrogen functional groups attached to an aromatic ring is 1. The van der Waals surface area contributed by atoms with Crippen LogP contribution in [0.4, 0.5) is 11.4 Å². The number of para-hydroxylation sites is 2. The molecule has 5 nitrogen and oxygen atoms in total. The molecule has 0 aromatic heterocycles. The summed E-state index contributed by atoms with van der Waals surface area (Å²) in [6, 6.07) is 7.46. The first-order chi connectivity index (χ1) is 6.29. The van der Waals surface area contributed by atoms with Crippen molar-refractivity contribution in [1.82, 2.24) is 5.23 Å². The second-order valence-corrected chi connectivity index (χ2v) is 2.64. The van der Waals surface area contributed by atoms with E-state index in [2.05, 4.69) is 5.43 Å². The molecule has 0 atom stereocenters. The number of nitrogens with two attached hydrogens (primary N) is 2. The van der Waals surface area contributed by atoms with Crippen LogP contribution in [0.1, 0.15) is 0 Å². The van der Waals surface area contributed by atoms with Crippen LogP contribution in [-0.2, 0) is 0 Å². The minimum atomic E-state index is 0.666. The van der Waals surface area contributed by atoms with Gasteiger partial charge in [0.25, 0.3) is 0 Å². The smallest absolute Gasteiger partial charge is 0.0802 e. The number of nitrogens with zero attached hydrogens (tertiary/aromatic N) is 3. The van der Waals surface area contributed by atoms with Crippen molar-refractivity contribution in [3.63, 3.8) is 0 Å². The minimum Gasteiger partial charge on any atom is -0.591 e. The van der Waals surface area contributed by atoms with Gasteiger partial charge in [-0.1, -0.05) is 12.1 Å². The van der Waals surface area contributed by atoms with Crippen LogP contribution in [-0.4, -0.2) is 5.23 Å². The highest BCUT2D eigenvalue weighted by molar-refractivity contribution is 5.68. The van der Waals surface area contributed by atoms with E-state index < -0.39 is 0 Å². The first kappa shape index (κ1) is 7.90. The second kappa shape index (κ2) is 2.96. The van der Waals surface area contributed by atoms with Gasteiger partial charge in [0.15, 0.2) is 0 Å². The van der Waals surface area contributed by atoms with Crippen LogP contribution in [0.15, 0.2) is 36.7 Å². The van der Waals surface area contributed by atoms with E-state index >= 15 is 0 Å². The summed E-state index contributed by atoms with van der Waals surface area (Å²) in [4.78, 5) is 0. The fourth-order valence-corrected chi connectivity index (χ4v) is 1.17. The number of hydrogen-bond donors (Lipinski definition) is 2. The Labute approximate surface area is 76.1 Å². The van der Waals surface area contributed by atoms with Crippen molar-refractivity contribution in [2.24, 2.45) is 5.84 Å². The Morgan fingerprint density at radius 3 is 2.62 bits per heavy atom. The van der Waals surface area contributed by atoms with Gasteiger partial charge in [0.05, 0.1) is 11.4 Å². The average molecular weight is 176 g/mol. The molecule has 5 heteroatoms. The summed E-state index contributed by atoms with van der Waals surface area (Å²) in [6.45, 7) is 0. The summed E-state index contributed by atoms with van der Waals surface area (Å²) in [6.07, 6.45) is 3.35. The van der Waals surface area contributed by atoms with E-state index in [1.807, 2.05) is 24.3 Å². The molecular weight excluding hydrogens is 166 g/mol. The van der Waals surface area contributed by atoms with Gasteiger partial charge in [0.2, 0.25) is 0 Å². The molecule has 0 radical (unpaired) electrons. The van der Waals surface area contributed by atoms with Crippen LogP contribution in [0.2, 0.25) is 0 Å². The quantitative estimate of drug-likeness (QED) is 0.493. The van der Waals surface area contributed by atoms with Crippen molar-refractivity contribution >= 4 is 11.4 Å². The van der Waals surface area contributed by atoms with E-state index in [-0.39, 0.29) is 0 Å². The summed E-state index contributed by atoms with van der Waals surface area (Å²) in [7, 11) is 0. The SMILES string of the molecule is Nc1ccccc1N1C=C[N-]N1N. The summed E-state index contributed by atoms with van der Waals surface area (Å²) in [5, 5.41) is 2.89. The lowest BCUT2D eigenvalue weighted by atomic mass is 10.3. The Morgan fingerprint density at radius 2 is 2.00 bits per heavy atom. The highest BCUT2D eigenvalue weighted by Crippen LogP contribution is 2.26. The molecule has 13 heavy (non-hydrogen) atoms. The van der Waals surface area contributed by atoms with E-state index in [1.165, 1.54) is 5.23 Å². The zero-order chi connectivity index (χ0) is 9.26. The van der Waals surface area contributed by atoms with E-state index in [0.717, 1.165) is 5.69 Å². The molecule has 0 saturated carbocycles. The molecule has 0 unspecified atom stereocenters. The first-order valence-corrected chi connectivity index (χ1v) is 3.85. The van der Waals surface area contributed by atoms with Gasteiger partial charge < -0.3 is 11.2 Å². The summed E-state index contributed by atoms with van der Waals surface area (Å²) in [5.74, 6) is 5.55. The fourth-order valence-electron chi connectivity index (χ4n) is 1.17. The molecule has 1 aliphatic rings. The van der Waals surface area contributed by atoms with Crippen LogP contribution < -0.4 is 16.6 Å². The second-order valence-electron chi connectivity index (χ2n) is 2.64. The van der Waals surface area contributed by atoms with Gasteiger partial charge >= 0.3 is 0 Å². The van der Waals surface area contributed by atoms with Crippen LogP contribution >= 0.6 is 0 Å². The molecule has 1 heterocycles. The molecule has 4 N–H and O–H groups in total. The van der Waals surface area contributed by atoms with Gasteiger partial charge in [0.1, 0.15) is 0 Å². The lowest BCUT2D eigenvalue weighted by molar-refractivity contribution is 0.393. The number of benzene rings is 1. The summed E-state index contributed by atoms with van der Waals surface area (Å²) >= 11 is 0. The third kappa shape index (κ3) is 1.30. The fraction of sp³-hybridized carbons (Fsp3) is 0. The van der Waals surface area contributed by atoms with Crippen molar-refractivity contribution in [2.75, 3.05) is 10.7 Å². The topological polar surface area (TPSA) is 72.6 Å². The van der Waals surface area contributed by atoms with E-state index in [0.29, 0.717) is 5.69 Å². The van der Waals surface area contributed by atoms with Crippen molar-refractivity contribution in [3.05, 3.63) is 42.1 Å². The van der Waals surface area contributed by atoms with Crippen LogP contribution in [0, 0.1) is 0 Å². The molecular formula is C8H10N5-. The Kier molecular flexibility index (Phi) is 1.80. The lowest BCUT2D eigenvalue weighted by Crippen LogP contribution is -2.37. The molecule has 1 aliphatic heterocycles. The van der Waals surface area contributed by atoms with Crippen LogP contribution in [0.25, 0.3) is 5.43 Å². The molecule has 0 spiro atoms. The highest BCUT2D eigenvalue weighted by Gasteiger charge is 2.08. The Balaban J connectivity index is 2.35. The number of hydrazine groups is 2. The monoisotopic (exact) mass is 176 g/mol.